The van der Waals surface area contributed by atoms with Crippen LogP contribution in [0.15, 0.2) is 53.4 Å². The minimum absolute atomic E-state index is 0.124. The number of amides is 2. The molecule has 2 aliphatic rings. The third-order valence-corrected chi connectivity index (χ3v) is 6.85. The lowest BCUT2D eigenvalue weighted by molar-refractivity contribution is 0.0302. The smallest absolute Gasteiger partial charge is 0.254 e. The van der Waals surface area contributed by atoms with Gasteiger partial charge in [0.05, 0.1) is 25.5 Å². The van der Waals surface area contributed by atoms with Crippen molar-refractivity contribution in [3.05, 3.63) is 82.6 Å². The van der Waals surface area contributed by atoms with Gasteiger partial charge in [0.15, 0.2) is 12.2 Å². The standard InChI is InChI=1S/C27H30N4O6/c28-26(33)23-4-2-18(27(34)31-5-7-35-8-6-31)9-19(23)12-25(32)24-11-17-1-3-21(10-20(17)13-30-24)36-15-22-14-29-16-37-22/h1-4,9-10,14,16,24-25,30,32H,5-8,11-13,15H2,(H2,28,33)/t24-,25+/m0/s1. The first-order chi connectivity index (χ1) is 18.0. The number of hydrogen-bond acceptors (Lipinski definition) is 8. The fourth-order valence-corrected chi connectivity index (χ4v) is 4.80. The van der Waals surface area contributed by atoms with Crippen LogP contribution in [0.2, 0.25) is 0 Å². The van der Waals surface area contributed by atoms with E-state index in [0.717, 1.165) is 16.9 Å². The van der Waals surface area contributed by atoms with Crippen LogP contribution < -0.4 is 15.8 Å². The van der Waals surface area contributed by atoms with E-state index in [0.29, 0.717) is 68.3 Å². The number of aromatic nitrogens is 1. The molecule has 10 nitrogen and oxygen atoms in total. The topological polar surface area (TPSA) is 140 Å². The van der Waals surface area contributed by atoms with E-state index in [1.165, 1.54) is 6.39 Å². The fraction of sp³-hybridized carbons (Fsp3) is 0.370. The van der Waals surface area contributed by atoms with E-state index >= 15 is 0 Å². The summed E-state index contributed by atoms with van der Waals surface area (Å²) in [6.45, 7) is 2.90. The summed E-state index contributed by atoms with van der Waals surface area (Å²) in [7, 11) is 0. The van der Waals surface area contributed by atoms with Crippen LogP contribution in [0, 0.1) is 0 Å². The highest BCUT2D eigenvalue weighted by Crippen LogP contribution is 2.25. The molecule has 0 bridgehead atoms. The van der Waals surface area contributed by atoms with Crippen LogP contribution in [0.3, 0.4) is 0 Å². The lowest BCUT2D eigenvalue weighted by Crippen LogP contribution is -2.45. The van der Waals surface area contributed by atoms with Crippen molar-refractivity contribution in [1.82, 2.24) is 15.2 Å². The first kappa shape index (κ1) is 24.9. The molecule has 5 rings (SSSR count). The van der Waals surface area contributed by atoms with Crippen LogP contribution in [0.1, 0.15) is 43.2 Å². The Morgan fingerprint density at radius 1 is 1.19 bits per heavy atom. The molecule has 2 amide bonds. The van der Waals surface area contributed by atoms with Crippen LogP contribution in [-0.4, -0.2) is 65.3 Å². The van der Waals surface area contributed by atoms with Gasteiger partial charge in [0, 0.05) is 43.2 Å². The monoisotopic (exact) mass is 506 g/mol. The van der Waals surface area contributed by atoms with Crippen molar-refractivity contribution in [2.45, 2.75) is 38.1 Å². The fourth-order valence-electron chi connectivity index (χ4n) is 4.80. The molecule has 1 aromatic heterocycles. The van der Waals surface area contributed by atoms with Gasteiger partial charge in [-0.2, -0.15) is 0 Å². The lowest BCUT2D eigenvalue weighted by atomic mass is 9.89. The summed E-state index contributed by atoms with van der Waals surface area (Å²) in [6.07, 6.45) is 2.99. The highest BCUT2D eigenvalue weighted by Gasteiger charge is 2.27. The largest absolute Gasteiger partial charge is 0.486 e. The van der Waals surface area contributed by atoms with Crippen molar-refractivity contribution >= 4 is 11.8 Å². The number of aliphatic hydroxyl groups excluding tert-OH is 1. The van der Waals surface area contributed by atoms with Gasteiger partial charge in [-0.15, -0.1) is 0 Å². The summed E-state index contributed by atoms with van der Waals surface area (Å²) in [4.78, 5) is 30.6. The van der Waals surface area contributed by atoms with Crippen LogP contribution in [-0.2, 0) is 30.7 Å². The van der Waals surface area contributed by atoms with Gasteiger partial charge < -0.3 is 34.9 Å². The molecule has 0 unspecified atom stereocenters. The summed E-state index contributed by atoms with van der Waals surface area (Å²) >= 11 is 0. The molecule has 2 aromatic carbocycles. The SMILES string of the molecule is NC(=O)c1ccc(C(=O)N2CCOCC2)cc1C[C@@H](O)[C@@H]1Cc2ccc(OCc3cnco3)cc2CN1. The number of fused-ring (bicyclic) bond motifs is 1. The minimum atomic E-state index is -0.789. The maximum absolute atomic E-state index is 13.0. The molecule has 1 saturated heterocycles. The number of carbonyl (C=O) groups is 2. The Bertz CT molecular complexity index is 1260. The average Bonchev–Trinajstić information content (AvgIpc) is 3.45. The second-order valence-corrected chi connectivity index (χ2v) is 9.29. The molecule has 4 N–H and O–H groups in total. The second kappa shape index (κ2) is 11.1. The molecule has 194 valence electrons. The van der Waals surface area contributed by atoms with Gasteiger partial charge in [0.1, 0.15) is 12.4 Å². The van der Waals surface area contributed by atoms with Gasteiger partial charge >= 0.3 is 0 Å². The van der Waals surface area contributed by atoms with E-state index in [1.807, 2.05) is 18.2 Å². The Hall–Kier alpha value is -3.73. The summed E-state index contributed by atoms with van der Waals surface area (Å²) in [5.74, 6) is 0.655. The number of nitrogens with two attached hydrogens (primary N) is 1. The molecule has 0 spiro atoms. The van der Waals surface area contributed by atoms with Crippen LogP contribution in [0.25, 0.3) is 0 Å². The van der Waals surface area contributed by atoms with E-state index in [-0.39, 0.29) is 18.4 Å². The second-order valence-electron chi connectivity index (χ2n) is 9.29. The zero-order valence-electron chi connectivity index (χ0n) is 20.4. The van der Waals surface area contributed by atoms with Crippen LogP contribution >= 0.6 is 0 Å². The summed E-state index contributed by atoms with van der Waals surface area (Å²) in [5.41, 5.74) is 9.14. The van der Waals surface area contributed by atoms with Gasteiger partial charge in [-0.1, -0.05) is 6.07 Å². The van der Waals surface area contributed by atoms with Gasteiger partial charge in [0.2, 0.25) is 5.91 Å². The normalized spacial score (nSPS) is 18.2. The van der Waals surface area contributed by atoms with Crippen molar-refractivity contribution in [1.29, 1.82) is 0 Å². The highest BCUT2D eigenvalue weighted by molar-refractivity contribution is 5.98. The first-order valence-electron chi connectivity index (χ1n) is 12.3. The van der Waals surface area contributed by atoms with Gasteiger partial charge in [-0.05, 0) is 53.4 Å². The number of nitrogens with zero attached hydrogens (tertiary/aromatic N) is 2. The Labute approximate surface area is 214 Å². The molecule has 2 aliphatic heterocycles. The van der Waals surface area contributed by atoms with Crippen molar-refractivity contribution in [2.75, 3.05) is 26.3 Å². The molecule has 10 heteroatoms. The number of ether oxygens (including phenoxy) is 2. The Balaban J connectivity index is 1.26. The van der Waals surface area contributed by atoms with E-state index in [2.05, 4.69) is 10.3 Å². The number of rotatable bonds is 8. The minimum Gasteiger partial charge on any atom is -0.486 e. The van der Waals surface area contributed by atoms with E-state index in [9.17, 15) is 14.7 Å². The summed E-state index contributed by atoms with van der Waals surface area (Å²) in [6, 6.07) is 10.5. The van der Waals surface area contributed by atoms with Crippen molar-refractivity contribution in [2.24, 2.45) is 5.73 Å². The van der Waals surface area contributed by atoms with Crippen LogP contribution in [0.4, 0.5) is 0 Å². The van der Waals surface area contributed by atoms with Gasteiger partial charge in [-0.25, -0.2) is 4.98 Å². The Kier molecular flexibility index (Phi) is 7.50. The van der Waals surface area contributed by atoms with Crippen LogP contribution in [0.5, 0.6) is 5.75 Å². The molecule has 37 heavy (non-hydrogen) atoms. The third-order valence-electron chi connectivity index (χ3n) is 6.85. The zero-order valence-corrected chi connectivity index (χ0v) is 20.4. The maximum atomic E-state index is 13.0. The molecular weight excluding hydrogens is 476 g/mol. The molecular formula is C27H30N4O6. The van der Waals surface area contributed by atoms with Crippen molar-refractivity contribution in [3.63, 3.8) is 0 Å². The first-order valence-corrected chi connectivity index (χ1v) is 12.3. The third kappa shape index (κ3) is 5.82. The summed E-state index contributed by atoms with van der Waals surface area (Å²) < 4.78 is 16.3. The molecule has 3 aromatic rings. The predicted octanol–water partition coefficient (Wildman–Crippen LogP) is 1.44. The van der Waals surface area contributed by atoms with Crippen molar-refractivity contribution < 1.29 is 28.6 Å². The number of morpholine rings is 1. The molecule has 2 atom stereocenters. The molecule has 1 fully saturated rings. The van der Waals surface area contributed by atoms with Crippen molar-refractivity contribution in [3.8, 4) is 5.75 Å². The number of carbonyl (C=O) groups excluding carboxylic acids is 2. The Morgan fingerprint density at radius 2 is 2.03 bits per heavy atom. The van der Waals surface area contributed by atoms with Gasteiger partial charge in [0.25, 0.3) is 5.91 Å². The number of aliphatic hydroxyl groups is 1. The van der Waals surface area contributed by atoms with Gasteiger partial charge in [-0.3, -0.25) is 9.59 Å². The predicted molar refractivity (Wildman–Crippen MR) is 133 cm³/mol. The summed E-state index contributed by atoms with van der Waals surface area (Å²) in [5, 5.41) is 14.5. The number of nitrogens with one attached hydrogen (secondary N) is 1. The number of oxazole rings is 1. The molecule has 0 radical (unpaired) electrons. The quantitative estimate of drug-likeness (QED) is 0.417. The van der Waals surface area contributed by atoms with E-state index < -0.39 is 12.0 Å². The molecule has 3 heterocycles. The molecule has 0 saturated carbocycles. The zero-order chi connectivity index (χ0) is 25.8. The Morgan fingerprint density at radius 3 is 2.78 bits per heavy atom. The average molecular weight is 507 g/mol. The number of hydrogen-bond donors (Lipinski definition) is 3. The highest BCUT2D eigenvalue weighted by atomic mass is 16.5. The van der Waals surface area contributed by atoms with E-state index in [1.54, 1.807) is 29.3 Å². The number of primary amides is 1. The lowest BCUT2D eigenvalue weighted by Gasteiger charge is -2.31. The maximum Gasteiger partial charge on any atom is 0.254 e. The molecule has 0 aliphatic carbocycles. The number of benzene rings is 2. The van der Waals surface area contributed by atoms with E-state index in [4.69, 9.17) is 19.6 Å².